The van der Waals surface area contributed by atoms with Gasteiger partial charge in [-0.2, -0.15) is 0 Å². The molecule has 0 radical (unpaired) electrons. The monoisotopic (exact) mass is 338 g/mol. The second-order valence-corrected chi connectivity index (χ2v) is 6.34. The van der Waals surface area contributed by atoms with Crippen molar-refractivity contribution in [1.82, 2.24) is 4.90 Å². The van der Waals surface area contributed by atoms with E-state index in [9.17, 15) is 10.1 Å². The number of aryl methyl sites for hydroxylation is 1. The minimum atomic E-state index is -0.385. The van der Waals surface area contributed by atoms with E-state index in [2.05, 4.69) is 36.2 Å². The molecule has 0 amide bonds. The Labute approximate surface area is 147 Å². The van der Waals surface area contributed by atoms with Crippen LogP contribution in [0.5, 0.6) is 5.75 Å². The Bertz CT molecular complexity index is 769. The van der Waals surface area contributed by atoms with Crippen LogP contribution in [0.15, 0.2) is 48.5 Å². The number of non-ortho nitro benzene ring substituents is 1. The van der Waals surface area contributed by atoms with Gasteiger partial charge in [0.25, 0.3) is 5.69 Å². The molecule has 130 valence electrons. The summed E-state index contributed by atoms with van der Waals surface area (Å²) < 4.78 is 5.73. The summed E-state index contributed by atoms with van der Waals surface area (Å²) >= 11 is 0. The van der Waals surface area contributed by atoms with Gasteiger partial charge in [0.15, 0.2) is 0 Å². The van der Waals surface area contributed by atoms with Crippen LogP contribution in [0.2, 0.25) is 0 Å². The first-order chi connectivity index (χ1) is 12.1. The van der Waals surface area contributed by atoms with Crippen LogP contribution < -0.4 is 4.74 Å². The lowest BCUT2D eigenvalue weighted by Crippen LogP contribution is -2.18. The minimum absolute atomic E-state index is 0.115. The molecule has 0 atom stereocenters. The summed E-state index contributed by atoms with van der Waals surface area (Å²) in [6.45, 7) is 2.46. The third-order valence-corrected chi connectivity index (χ3v) is 4.26. The Morgan fingerprint density at radius 1 is 1.24 bits per heavy atom. The topological polar surface area (TPSA) is 55.6 Å². The summed E-state index contributed by atoms with van der Waals surface area (Å²) in [5.74, 6) is 1.03. The summed E-state index contributed by atoms with van der Waals surface area (Å²) in [6.07, 6.45) is 6.25. The molecule has 0 unspecified atom stereocenters. The van der Waals surface area contributed by atoms with Crippen LogP contribution in [0.4, 0.5) is 5.69 Å². The van der Waals surface area contributed by atoms with E-state index in [1.165, 1.54) is 23.3 Å². The first-order valence-electron chi connectivity index (χ1n) is 8.46. The minimum Gasteiger partial charge on any atom is -0.493 e. The van der Waals surface area contributed by atoms with Crippen molar-refractivity contribution in [3.8, 4) is 5.75 Å². The van der Waals surface area contributed by atoms with E-state index in [4.69, 9.17) is 4.74 Å². The Kier molecular flexibility index (Phi) is 5.46. The van der Waals surface area contributed by atoms with E-state index in [0.29, 0.717) is 0 Å². The number of rotatable bonds is 6. The van der Waals surface area contributed by atoms with Gasteiger partial charge in [-0.1, -0.05) is 24.3 Å². The molecular formula is C20H22N2O3. The molecule has 0 aromatic heterocycles. The van der Waals surface area contributed by atoms with Crippen molar-refractivity contribution >= 4 is 11.8 Å². The van der Waals surface area contributed by atoms with Gasteiger partial charge in [0.2, 0.25) is 0 Å². The highest BCUT2D eigenvalue weighted by molar-refractivity contribution is 5.51. The highest BCUT2D eigenvalue weighted by atomic mass is 16.6. The Morgan fingerprint density at radius 3 is 2.80 bits per heavy atom. The lowest BCUT2D eigenvalue weighted by Gasteiger charge is -2.20. The van der Waals surface area contributed by atoms with Gasteiger partial charge in [-0.05, 0) is 54.8 Å². The van der Waals surface area contributed by atoms with Gasteiger partial charge in [-0.15, -0.1) is 0 Å². The van der Waals surface area contributed by atoms with Crippen molar-refractivity contribution in [2.24, 2.45) is 0 Å². The molecule has 0 aliphatic carbocycles. The van der Waals surface area contributed by atoms with Crippen molar-refractivity contribution in [2.75, 3.05) is 20.2 Å². The van der Waals surface area contributed by atoms with Crippen LogP contribution in [-0.2, 0) is 13.0 Å². The molecule has 1 aliphatic rings. The van der Waals surface area contributed by atoms with E-state index in [1.54, 1.807) is 12.1 Å². The number of hydrogen-bond acceptors (Lipinski definition) is 4. The second-order valence-electron chi connectivity index (χ2n) is 6.34. The lowest BCUT2D eigenvalue weighted by molar-refractivity contribution is -0.384. The standard InChI is InChI=1S/C20H22N2O3/c1-21(12-2-4-16-7-10-19(11-8-16)22(23)24)15-17-6-9-18-5-3-13-25-20(18)14-17/h2,4,6-11,14H,3,5,12-13,15H2,1H3. The van der Waals surface area contributed by atoms with Crippen LogP contribution >= 0.6 is 0 Å². The molecule has 0 saturated carbocycles. The molecule has 1 aliphatic heterocycles. The van der Waals surface area contributed by atoms with Crippen molar-refractivity contribution in [3.05, 3.63) is 75.3 Å². The van der Waals surface area contributed by atoms with Crippen LogP contribution in [0.25, 0.3) is 6.08 Å². The SMILES string of the molecule is CN(CC=Cc1ccc([N+](=O)[O-])cc1)Cc1ccc2c(c1)OCCC2. The number of nitro groups is 1. The zero-order valence-electron chi connectivity index (χ0n) is 14.4. The number of fused-ring (bicyclic) bond motifs is 1. The summed E-state index contributed by atoms with van der Waals surface area (Å²) in [4.78, 5) is 12.5. The van der Waals surface area contributed by atoms with Gasteiger partial charge in [0.05, 0.1) is 11.5 Å². The Balaban J connectivity index is 1.53. The van der Waals surface area contributed by atoms with Crippen molar-refractivity contribution < 1.29 is 9.66 Å². The lowest BCUT2D eigenvalue weighted by atomic mass is 10.0. The molecule has 1 heterocycles. The Hall–Kier alpha value is -2.66. The highest BCUT2D eigenvalue weighted by Gasteiger charge is 2.11. The van der Waals surface area contributed by atoms with Gasteiger partial charge in [0, 0.05) is 25.2 Å². The predicted molar refractivity (Wildman–Crippen MR) is 98.7 cm³/mol. The number of likely N-dealkylation sites (N-methyl/N-ethyl adjacent to an activating group) is 1. The van der Waals surface area contributed by atoms with E-state index < -0.39 is 0 Å². The molecule has 0 fully saturated rings. The first-order valence-corrected chi connectivity index (χ1v) is 8.46. The summed E-state index contributed by atoms with van der Waals surface area (Å²) in [5.41, 5.74) is 3.62. The fraction of sp³-hybridized carbons (Fsp3) is 0.300. The fourth-order valence-electron chi connectivity index (χ4n) is 2.94. The van der Waals surface area contributed by atoms with Crippen LogP contribution in [-0.4, -0.2) is 30.0 Å². The molecule has 0 saturated heterocycles. The summed E-state index contributed by atoms with van der Waals surface area (Å²) in [5, 5.41) is 10.7. The zero-order valence-corrected chi connectivity index (χ0v) is 14.4. The van der Waals surface area contributed by atoms with Crippen molar-refractivity contribution in [3.63, 3.8) is 0 Å². The number of hydrogen-bond donors (Lipinski definition) is 0. The molecule has 0 bridgehead atoms. The molecule has 5 heteroatoms. The summed E-state index contributed by atoms with van der Waals surface area (Å²) in [6, 6.07) is 13.1. The predicted octanol–water partition coefficient (Wildman–Crippen LogP) is 4.07. The molecule has 2 aromatic carbocycles. The quantitative estimate of drug-likeness (QED) is 0.588. The number of nitrogens with zero attached hydrogens (tertiary/aromatic N) is 2. The van der Waals surface area contributed by atoms with E-state index in [-0.39, 0.29) is 10.6 Å². The van der Waals surface area contributed by atoms with Gasteiger partial charge in [0.1, 0.15) is 5.75 Å². The number of nitro benzene ring substituents is 1. The molecule has 0 N–H and O–H groups in total. The largest absolute Gasteiger partial charge is 0.493 e. The average molecular weight is 338 g/mol. The third-order valence-electron chi connectivity index (χ3n) is 4.26. The van der Waals surface area contributed by atoms with E-state index >= 15 is 0 Å². The van der Waals surface area contributed by atoms with E-state index in [1.807, 2.05) is 6.08 Å². The normalized spacial score (nSPS) is 13.7. The first kappa shape index (κ1) is 17.2. The van der Waals surface area contributed by atoms with Crippen molar-refractivity contribution in [2.45, 2.75) is 19.4 Å². The number of ether oxygens (including phenoxy) is 1. The molecular weight excluding hydrogens is 316 g/mol. The van der Waals surface area contributed by atoms with Crippen LogP contribution in [0, 0.1) is 10.1 Å². The second kappa shape index (κ2) is 7.94. The van der Waals surface area contributed by atoms with Gasteiger partial charge in [-0.3, -0.25) is 15.0 Å². The maximum Gasteiger partial charge on any atom is 0.269 e. The van der Waals surface area contributed by atoms with Gasteiger partial charge < -0.3 is 4.74 Å². The highest BCUT2D eigenvalue weighted by Crippen LogP contribution is 2.26. The maximum absolute atomic E-state index is 10.7. The smallest absolute Gasteiger partial charge is 0.269 e. The number of benzene rings is 2. The third kappa shape index (κ3) is 4.67. The average Bonchev–Trinajstić information content (AvgIpc) is 2.62. The summed E-state index contributed by atoms with van der Waals surface area (Å²) in [7, 11) is 2.07. The molecule has 0 spiro atoms. The Morgan fingerprint density at radius 2 is 2.04 bits per heavy atom. The molecule has 25 heavy (non-hydrogen) atoms. The van der Waals surface area contributed by atoms with Crippen LogP contribution in [0.3, 0.4) is 0 Å². The van der Waals surface area contributed by atoms with Crippen molar-refractivity contribution in [1.29, 1.82) is 0 Å². The fourth-order valence-corrected chi connectivity index (χ4v) is 2.94. The zero-order chi connectivity index (χ0) is 17.6. The van der Waals surface area contributed by atoms with Crippen LogP contribution in [0.1, 0.15) is 23.1 Å². The van der Waals surface area contributed by atoms with E-state index in [0.717, 1.165) is 43.9 Å². The molecule has 2 aromatic rings. The van der Waals surface area contributed by atoms with Gasteiger partial charge >= 0.3 is 0 Å². The van der Waals surface area contributed by atoms with Gasteiger partial charge in [-0.25, -0.2) is 0 Å². The molecule has 3 rings (SSSR count). The molecule has 5 nitrogen and oxygen atoms in total. The maximum atomic E-state index is 10.7.